The SMILES string of the molecule is CS(=O)(=O)OCCCOC(c1ccccc1)(c1ccccc1)c1ccccc1. The van der Waals surface area contributed by atoms with Crippen LogP contribution in [0.25, 0.3) is 0 Å². The van der Waals surface area contributed by atoms with E-state index >= 15 is 0 Å². The molecule has 0 amide bonds. The lowest BCUT2D eigenvalue weighted by atomic mass is 9.80. The van der Waals surface area contributed by atoms with Gasteiger partial charge in [0.2, 0.25) is 0 Å². The van der Waals surface area contributed by atoms with Gasteiger partial charge in [0.05, 0.1) is 19.5 Å². The molecular formula is C23H24O4S. The highest BCUT2D eigenvalue weighted by molar-refractivity contribution is 7.85. The van der Waals surface area contributed by atoms with E-state index in [2.05, 4.69) is 0 Å². The molecule has 5 heteroatoms. The molecule has 0 heterocycles. The number of hydrogen-bond acceptors (Lipinski definition) is 4. The second-order valence-corrected chi connectivity index (χ2v) is 8.15. The minimum absolute atomic E-state index is 0.0906. The van der Waals surface area contributed by atoms with Crippen molar-refractivity contribution in [3.05, 3.63) is 108 Å². The van der Waals surface area contributed by atoms with Crippen molar-refractivity contribution in [2.75, 3.05) is 19.5 Å². The Morgan fingerprint density at radius 2 is 1.07 bits per heavy atom. The van der Waals surface area contributed by atoms with E-state index in [0.29, 0.717) is 13.0 Å². The fraction of sp³-hybridized carbons (Fsp3) is 0.217. The van der Waals surface area contributed by atoms with Crippen molar-refractivity contribution in [3.8, 4) is 0 Å². The topological polar surface area (TPSA) is 52.6 Å². The molecule has 3 aromatic rings. The van der Waals surface area contributed by atoms with E-state index in [4.69, 9.17) is 8.92 Å². The summed E-state index contributed by atoms with van der Waals surface area (Å²) in [5, 5.41) is 0. The third kappa shape index (κ3) is 4.87. The summed E-state index contributed by atoms with van der Waals surface area (Å²) in [7, 11) is -3.45. The van der Waals surface area contributed by atoms with Crippen LogP contribution in [0.2, 0.25) is 0 Å². The van der Waals surface area contributed by atoms with Crippen molar-refractivity contribution in [1.29, 1.82) is 0 Å². The summed E-state index contributed by atoms with van der Waals surface area (Å²) >= 11 is 0. The Kier molecular flexibility index (Phi) is 6.62. The highest BCUT2D eigenvalue weighted by Crippen LogP contribution is 2.40. The van der Waals surface area contributed by atoms with Crippen molar-refractivity contribution < 1.29 is 17.3 Å². The van der Waals surface area contributed by atoms with Crippen LogP contribution in [0.4, 0.5) is 0 Å². The maximum Gasteiger partial charge on any atom is 0.264 e. The van der Waals surface area contributed by atoms with E-state index in [0.717, 1.165) is 22.9 Å². The zero-order valence-electron chi connectivity index (χ0n) is 15.8. The highest BCUT2D eigenvalue weighted by atomic mass is 32.2. The first-order chi connectivity index (χ1) is 13.5. The number of rotatable bonds is 9. The van der Waals surface area contributed by atoms with Crippen molar-refractivity contribution in [2.45, 2.75) is 12.0 Å². The van der Waals surface area contributed by atoms with E-state index < -0.39 is 15.7 Å². The van der Waals surface area contributed by atoms with Crippen LogP contribution in [0.3, 0.4) is 0 Å². The lowest BCUT2D eigenvalue weighted by Crippen LogP contribution is -2.33. The Labute approximate surface area is 166 Å². The molecule has 0 aromatic heterocycles. The average molecular weight is 397 g/mol. The van der Waals surface area contributed by atoms with Gasteiger partial charge in [0, 0.05) is 0 Å². The van der Waals surface area contributed by atoms with Crippen LogP contribution in [-0.2, 0) is 24.6 Å². The molecule has 0 spiro atoms. The Balaban J connectivity index is 1.99. The van der Waals surface area contributed by atoms with E-state index in [-0.39, 0.29) is 6.61 Å². The normalized spacial score (nSPS) is 12.0. The zero-order chi connectivity index (χ0) is 19.9. The first-order valence-corrected chi connectivity index (χ1v) is 11.0. The standard InChI is InChI=1S/C23H24O4S/c1-28(24,25)27-19-11-18-26-23(20-12-5-2-6-13-20,21-14-7-3-8-15-21)22-16-9-4-10-17-22/h2-10,12-17H,11,18-19H2,1H3. The molecule has 0 atom stereocenters. The molecule has 0 N–H and O–H groups in total. The second-order valence-electron chi connectivity index (χ2n) is 6.51. The molecule has 146 valence electrons. The van der Waals surface area contributed by atoms with Crippen molar-refractivity contribution in [2.24, 2.45) is 0 Å². The van der Waals surface area contributed by atoms with Gasteiger partial charge in [-0.2, -0.15) is 8.42 Å². The van der Waals surface area contributed by atoms with Crippen molar-refractivity contribution in [3.63, 3.8) is 0 Å². The second kappa shape index (κ2) is 9.15. The van der Waals surface area contributed by atoms with Crippen LogP contribution >= 0.6 is 0 Å². The third-order valence-electron chi connectivity index (χ3n) is 4.45. The minimum Gasteiger partial charge on any atom is -0.361 e. The summed E-state index contributed by atoms with van der Waals surface area (Å²) in [6, 6.07) is 30.2. The van der Waals surface area contributed by atoms with Crippen molar-refractivity contribution in [1.82, 2.24) is 0 Å². The molecule has 28 heavy (non-hydrogen) atoms. The maximum absolute atomic E-state index is 11.2. The molecule has 0 saturated carbocycles. The monoisotopic (exact) mass is 396 g/mol. The fourth-order valence-corrected chi connectivity index (χ4v) is 3.68. The first-order valence-electron chi connectivity index (χ1n) is 9.17. The van der Waals surface area contributed by atoms with E-state index in [1.165, 1.54) is 0 Å². The van der Waals surface area contributed by atoms with Crippen LogP contribution in [0.1, 0.15) is 23.1 Å². The van der Waals surface area contributed by atoms with Crippen LogP contribution in [0.5, 0.6) is 0 Å². The van der Waals surface area contributed by atoms with Crippen LogP contribution in [0, 0.1) is 0 Å². The van der Waals surface area contributed by atoms with Gasteiger partial charge in [-0.3, -0.25) is 4.18 Å². The number of ether oxygens (including phenoxy) is 1. The zero-order valence-corrected chi connectivity index (χ0v) is 16.6. The van der Waals surface area contributed by atoms with Crippen molar-refractivity contribution >= 4 is 10.1 Å². The lowest BCUT2D eigenvalue weighted by Gasteiger charge is -2.36. The Bertz CT molecular complexity index is 859. The minimum atomic E-state index is -3.45. The summed E-state index contributed by atoms with van der Waals surface area (Å²) in [6.45, 7) is 0.432. The predicted molar refractivity (Wildman–Crippen MR) is 111 cm³/mol. The fourth-order valence-electron chi connectivity index (χ4n) is 3.26. The highest BCUT2D eigenvalue weighted by Gasteiger charge is 2.37. The van der Waals surface area contributed by atoms with E-state index in [9.17, 15) is 8.42 Å². The summed E-state index contributed by atoms with van der Waals surface area (Å²) in [4.78, 5) is 0. The molecule has 0 saturated heterocycles. The molecule has 0 unspecified atom stereocenters. The maximum atomic E-state index is 11.2. The van der Waals surface area contributed by atoms with Gasteiger partial charge in [-0.25, -0.2) is 0 Å². The lowest BCUT2D eigenvalue weighted by molar-refractivity contribution is 0.00746. The molecular weight excluding hydrogens is 372 g/mol. The molecule has 4 nitrogen and oxygen atoms in total. The molecule has 0 aliphatic carbocycles. The predicted octanol–water partition coefficient (Wildman–Crippen LogP) is 4.36. The molecule has 0 bridgehead atoms. The first kappa shape index (κ1) is 20.3. The van der Waals surface area contributed by atoms with E-state index in [1.807, 2.05) is 91.0 Å². The quantitative estimate of drug-likeness (QED) is 0.306. The van der Waals surface area contributed by atoms with Crippen LogP contribution in [-0.4, -0.2) is 27.9 Å². The molecule has 0 fully saturated rings. The number of hydrogen-bond donors (Lipinski definition) is 0. The van der Waals surface area contributed by atoms with Crippen LogP contribution in [0.15, 0.2) is 91.0 Å². The van der Waals surface area contributed by atoms with Gasteiger partial charge in [0.15, 0.2) is 0 Å². The van der Waals surface area contributed by atoms with Crippen LogP contribution < -0.4 is 0 Å². The molecule has 0 radical (unpaired) electrons. The molecule has 3 aromatic carbocycles. The number of benzene rings is 3. The Hall–Kier alpha value is -2.47. The largest absolute Gasteiger partial charge is 0.361 e. The van der Waals surface area contributed by atoms with E-state index in [1.54, 1.807) is 0 Å². The van der Waals surface area contributed by atoms with Gasteiger partial charge < -0.3 is 4.74 Å². The smallest absolute Gasteiger partial charge is 0.264 e. The molecule has 3 rings (SSSR count). The van der Waals surface area contributed by atoms with Gasteiger partial charge in [-0.1, -0.05) is 91.0 Å². The van der Waals surface area contributed by atoms with Gasteiger partial charge >= 0.3 is 0 Å². The summed E-state index contributed by atoms with van der Waals surface area (Å²) in [6.07, 6.45) is 1.51. The molecule has 0 aliphatic rings. The summed E-state index contributed by atoms with van der Waals surface area (Å²) in [5.41, 5.74) is 2.23. The van der Waals surface area contributed by atoms with Gasteiger partial charge in [-0.15, -0.1) is 0 Å². The Morgan fingerprint density at radius 1 is 0.679 bits per heavy atom. The summed E-state index contributed by atoms with van der Waals surface area (Å²) in [5.74, 6) is 0. The molecule has 0 aliphatic heterocycles. The third-order valence-corrected chi connectivity index (χ3v) is 5.04. The average Bonchev–Trinajstić information content (AvgIpc) is 2.72. The van der Waals surface area contributed by atoms with Gasteiger partial charge in [-0.05, 0) is 23.1 Å². The van der Waals surface area contributed by atoms with Gasteiger partial charge in [0.1, 0.15) is 5.60 Å². The summed E-state index contributed by atoms with van der Waals surface area (Å²) < 4.78 is 33.8. The van der Waals surface area contributed by atoms with Gasteiger partial charge in [0.25, 0.3) is 10.1 Å². The Morgan fingerprint density at radius 3 is 1.43 bits per heavy atom.